The first-order valence-electron chi connectivity index (χ1n) is 9.77. The van der Waals surface area contributed by atoms with Crippen molar-refractivity contribution >= 4 is 23.2 Å². The van der Waals surface area contributed by atoms with Crippen molar-refractivity contribution in [3.05, 3.63) is 78.3 Å². The molecule has 2 heterocycles. The zero-order chi connectivity index (χ0) is 20.9. The summed E-state index contributed by atoms with van der Waals surface area (Å²) in [7, 11) is 1.56. The lowest BCUT2D eigenvalue weighted by Gasteiger charge is -2.29. The number of ether oxygens (including phenoxy) is 1. The Hall–Kier alpha value is -3.74. The Labute approximate surface area is 174 Å². The van der Waals surface area contributed by atoms with Crippen LogP contribution in [0, 0.1) is 0 Å². The predicted octanol–water partition coefficient (Wildman–Crippen LogP) is 3.15. The third-order valence-electron chi connectivity index (χ3n) is 5.18. The number of hydrogen-bond donors (Lipinski definition) is 2. The Balaban J connectivity index is 1.42. The van der Waals surface area contributed by atoms with E-state index in [9.17, 15) is 9.59 Å². The Bertz CT molecular complexity index is 1020. The molecule has 3 aromatic rings. The van der Waals surface area contributed by atoms with Gasteiger partial charge in [0.15, 0.2) is 0 Å². The minimum Gasteiger partial charge on any atom is -0.497 e. The number of para-hydroxylation sites is 1. The summed E-state index contributed by atoms with van der Waals surface area (Å²) in [5, 5.41) is 5.34. The number of benzene rings is 2. The zero-order valence-electron chi connectivity index (χ0n) is 16.6. The van der Waals surface area contributed by atoms with Gasteiger partial charge in [-0.25, -0.2) is 0 Å². The molecule has 1 aliphatic rings. The summed E-state index contributed by atoms with van der Waals surface area (Å²) in [4.78, 5) is 26.9. The number of fused-ring (bicyclic) bond motifs is 1. The fourth-order valence-corrected chi connectivity index (χ4v) is 3.66. The quantitative estimate of drug-likeness (QED) is 0.616. The van der Waals surface area contributed by atoms with E-state index in [0.717, 1.165) is 24.4 Å². The smallest absolute Gasteiger partial charge is 0.313 e. The number of nitrogens with zero attached hydrogens (tertiary/aromatic N) is 1. The van der Waals surface area contributed by atoms with E-state index in [0.29, 0.717) is 11.4 Å². The van der Waals surface area contributed by atoms with Gasteiger partial charge in [0.25, 0.3) is 0 Å². The molecule has 2 aromatic carbocycles. The van der Waals surface area contributed by atoms with Crippen LogP contribution in [-0.4, -0.2) is 32.0 Å². The maximum Gasteiger partial charge on any atom is 0.313 e. The van der Waals surface area contributed by atoms with Crippen molar-refractivity contribution < 1.29 is 18.7 Å². The SMILES string of the molecule is COc1ccc(NC(=O)C(=O)NC[C@@H](c2ccco2)N2CCc3ccccc32)cc1. The second-order valence-electron chi connectivity index (χ2n) is 7.00. The number of carbonyl (C=O) groups is 2. The minimum absolute atomic E-state index is 0.207. The van der Waals surface area contributed by atoms with E-state index >= 15 is 0 Å². The van der Waals surface area contributed by atoms with Gasteiger partial charge in [-0.2, -0.15) is 0 Å². The number of nitrogens with one attached hydrogen (secondary N) is 2. The molecular weight excluding hydrogens is 382 g/mol. The molecule has 0 saturated heterocycles. The average molecular weight is 405 g/mol. The van der Waals surface area contributed by atoms with Crippen molar-refractivity contribution in [1.29, 1.82) is 0 Å². The molecule has 30 heavy (non-hydrogen) atoms. The second kappa shape index (κ2) is 8.73. The molecule has 0 saturated carbocycles. The molecule has 2 N–H and O–H groups in total. The number of carbonyl (C=O) groups excluding carboxylic acids is 2. The van der Waals surface area contributed by atoms with Gasteiger partial charge in [0.2, 0.25) is 0 Å². The van der Waals surface area contributed by atoms with Gasteiger partial charge in [-0.05, 0) is 54.4 Å². The summed E-state index contributed by atoms with van der Waals surface area (Å²) in [6, 6.07) is 18.5. The van der Waals surface area contributed by atoms with Gasteiger partial charge in [0, 0.05) is 24.5 Å². The number of anilines is 2. The van der Waals surface area contributed by atoms with E-state index in [1.165, 1.54) is 5.56 Å². The molecule has 7 heteroatoms. The van der Waals surface area contributed by atoms with Crippen LogP contribution in [0.5, 0.6) is 5.75 Å². The van der Waals surface area contributed by atoms with Crippen LogP contribution < -0.4 is 20.3 Å². The minimum atomic E-state index is -0.722. The normalized spacial score (nSPS) is 13.4. The van der Waals surface area contributed by atoms with Crippen molar-refractivity contribution in [2.24, 2.45) is 0 Å². The molecule has 1 aromatic heterocycles. The van der Waals surface area contributed by atoms with Crippen LogP contribution in [0.1, 0.15) is 17.4 Å². The Morgan fingerprint density at radius 1 is 1.07 bits per heavy atom. The van der Waals surface area contributed by atoms with Crippen LogP contribution in [-0.2, 0) is 16.0 Å². The molecular formula is C23H23N3O4. The van der Waals surface area contributed by atoms with Crippen LogP contribution in [0.15, 0.2) is 71.3 Å². The van der Waals surface area contributed by atoms with E-state index in [4.69, 9.17) is 9.15 Å². The third kappa shape index (κ3) is 4.15. The Morgan fingerprint density at radius 2 is 1.87 bits per heavy atom. The summed E-state index contributed by atoms with van der Waals surface area (Å²) in [6.45, 7) is 1.06. The van der Waals surface area contributed by atoms with E-state index in [1.807, 2.05) is 24.3 Å². The highest BCUT2D eigenvalue weighted by Crippen LogP contribution is 2.34. The molecule has 2 amide bonds. The summed E-state index contributed by atoms with van der Waals surface area (Å²) < 4.78 is 10.7. The van der Waals surface area contributed by atoms with Crippen molar-refractivity contribution in [3.63, 3.8) is 0 Å². The van der Waals surface area contributed by atoms with Gasteiger partial charge in [0.1, 0.15) is 17.6 Å². The van der Waals surface area contributed by atoms with Crippen LogP contribution in [0.3, 0.4) is 0 Å². The Morgan fingerprint density at radius 3 is 2.60 bits per heavy atom. The monoisotopic (exact) mass is 405 g/mol. The summed E-state index contributed by atoms with van der Waals surface area (Å²) >= 11 is 0. The molecule has 0 radical (unpaired) electrons. The highest BCUT2D eigenvalue weighted by Gasteiger charge is 2.29. The van der Waals surface area contributed by atoms with E-state index in [-0.39, 0.29) is 12.6 Å². The first-order chi connectivity index (χ1) is 14.7. The van der Waals surface area contributed by atoms with Crippen molar-refractivity contribution in [1.82, 2.24) is 5.32 Å². The zero-order valence-corrected chi connectivity index (χ0v) is 16.6. The van der Waals surface area contributed by atoms with Crippen LogP contribution in [0.2, 0.25) is 0 Å². The lowest BCUT2D eigenvalue weighted by molar-refractivity contribution is -0.136. The topological polar surface area (TPSA) is 83.8 Å². The summed E-state index contributed by atoms with van der Waals surface area (Å²) in [5.41, 5.74) is 2.90. The van der Waals surface area contributed by atoms with Gasteiger partial charge in [-0.15, -0.1) is 0 Å². The van der Waals surface area contributed by atoms with E-state index < -0.39 is 11.8 Å². The molecule has 4 rings (SSSR count). The first kappa shape index (κ1) is 19.6. The molecule has 0 unspecified atom stereocenters. The van der Waals surface area contributed by atoms with E-state index in [2.05, 4.69) is 27.7 Å². The van der Waals surface area contributed by atoms with Crippen LogP contribution in [0.4, 0.5) is 11.4 Å². The lowest BCUT2D eigenvalue weighted by atomic mass is 10.1. The molecule has 7 nitrogen and oxygen atoms in total. The molecule has 1 atom stereocenters. The maximum absolute atomic E-state index is 12.4. The number of methoxy groups -OCH3 is 1. The number of rotatable bonds is 6. The van der Waals surface area contributed by atoms with Gasteiger partial charge >= 0.3 is 11.8 Å². The van der Waals surface area contributed by atoms with Gasteiger partial charge in [-0.3, -0.25) is 9.59 Å². The molecule has 154 valence electrons. The number of furan rings is 1. The highest BCUT2D eigenvalue weighted by atomic mass is 16.5. The van der Waals surface area contributed by atoms with Gasteiger partial charge < -0.3 is 24.7 Å². The van der Waals surface area contributed by atoms with Crippen LogP contribution >= 0.6 is 0 Å². The molecule has 0 aliphatic carbocycles. The largest absolute Gasteiger partial charge is 0.497 e. The molecule has 0 spiro atoms. The van der Waals surface area contributed by atoms with Crippen molar-refractivity contribution in [3.8, 4) is 5.75 Å². The summed E-state index contributed by atoms with van der Waals surface area (Å²) in [6.07, 6.45) is 2.54. The molecule has 1 aliphatic heterocycles. The maximum atomic E-state index is 12.4. The third-order valence-corrected chi connectivity index (χ3v) is 5.18. The predicted molar refractivity (Wildman–Crippen MR) is 114 cm³/mol. The average Bonchev–Trinajstić information content (AvgIpc) is 3.45. The van der Waals surface area contributed by atoms with Crippen molar-refractivity contribution in [2.45, 2.75) is 12.5 Å². The number of amides is 2. The van der Waals surface area contributed by atoms with Crippen molar-refractivity contribution in [2.75, 3.05) is 30.4 Å². The molecule has 0 bridgehead atoms. The van der Waals surface area contributed by atoms with E-state index in [1.54, 1.807) is 37.6 Å². The van der Waals surface area contributed by atoms with Crippen LogP contribution in [0.25, 0.3) is 0 Å². The standard InChI is InChI=1S/C23H23N3O4/c1-29-18-10-8-17(9-11-18)25-23(28)22(27)24-15-20(21-7-4-14-30-21)26-13-12-16-5-2-3-6-19(16)26/h2-11,14,20H,12-13,15H2,1H3,(H,24,27)(H,25,28)/t20-/m0/s1. The molecule has 0 fully saturated rings. The lowest BCUT2D eigenvalue weighted by Crippen LogP contribution is -2.41. The van der Waals surface area contributed by atoms with Gasteiger partial charge in [0.05, 0.1) is 13.4 Å². The highest BCUT2D eigenvalue weighted by molar-refractivity contribution is 6.39. The fourth-order valence-electron chi connectivity index (χ4n) is 3.66. The summed E-state index contributed by atoms with van der Waals surface area (Å²) in [5.74, 6) is -0.0118. The van der Waals surface area contributed by atoms with Gasteiger partial charge in [-0.1, -0.05) is 18.2 Å². The fraction of sp³-hybridized carbons (Fsp3) is 0.217. The second-order valence-corrected chi connectivity index (χ2v) is 7.00. The first-order valence-corrected chi connectivity index (χ1v) is 9.77. The number of hydrogen-bond acceptors (Lipinski definition) is 5. The Kier molecular flexibility index (Phi) is 5.70.